The van der Waals surface area contributed by atoms with Gasteiger partial charge in [-0.3, -0.25) is 14.9 Å². The number of non-ortho nitro benzene ring substituents is 1. The van der Waals surface area contributed by atoms with Gasteiger partial charge in [0.25, 0.3) is 11.6 Å². The van der Waals surface area contributed by atoms with E-state index in [9.17, 15) is 14.9 Å². The Labute approximate surface area is 152 Å². The van der Waals surface area contributed by atoms with Gasteiger partial charge in [0.05, 0.1) is 17.7 Å². The summed E-state index contributed by atoms with van der Waals surface area (Å²) < 4.78 is 11.0. The molecule has 1 N–H and O–H groups in total. The number of nitrogens with one attached hydrogen (secondary N) is 1. The number of amides is 1. The molecule has 26 heavy (non-hydrogen) atoms. The molecular formula is C19H22N2O5. The van der Waals surface area contributed by atoms with Crippen molar-refractivity contribution in [1.29, 1.82) is 0 Å². The summed E-state index contributed by atoms with van der Waals surface area (Å²) in [6.45, 7) is 5.74. The number of hydrogen-bond donors (Lipinski definition) is 1. The van der Waals surface area contributed by atoms with E-state index in [2.05, 4.69) is 5.32 Å². The number of ether oxygens (including phenoxy) is 2. The van der Waals surface area contributed by atoms with Crippen LogP contribution in [0.2, 0.25) is 0 Å². The zero-order chi connectivity index (χ0) is 19.3. The van der Waals surface area contributed by atoms with Gasteiger partial charge in [0, 0.05) is 12.1 Å². The Morgan fingerprint density at radius 2 is 1.85 bits per heavy atom. The molecule has 0 spiro atoms. The number of carbonyl (C=O) groups excluding carboxylic acids is 1. The van der Waals surface area contributed by atoms with Crippen molar-refractivity contribution in [2.24, 2.45) is 0 Å². The van der Waals surface area contributed by atoms with E-state index in [1.54, 1.807) is 0 Å². The molecule has 0 fully saturated rings. The lowest BCUT2D eigenvalue weighted by atomic mass is 10.1. The van der Waals surface area contributed by atoms with Crippen LogP contribution in [0.1, 0.15) is 24.5 Å². The molecule has 1 atom stereocenters. The number of carbonyl (C=O) groups is 1. The number of methoxy groups -OCH3 is 1. The smallest absolute Gasteiger partial charge is 0.271 e. The highest BCUT2D eigenvalue weighted by molar-refractivity contribution is 5.96. The van der Waals surface area contributed by atoms with Crippen molar-refractivity contribution in [2.45, 2.75) is 33.3 Å². The highest BCUT2D eigenvalue weighted by atomic mass is 16.6. The molecule has 1 amide bonds. The molecule has 0 saturated carbocycles. The number of nitro benzene ring substituents is 1. The molecule has 2 aromatic carbocycles. The summed E-state index contributed by atoms with van der Waals surface area (Å²) in [5, 5.41) is 13.6. The van der Waals surface area contributed by atoms with Gasteiger partial charge in [-0.05, 0) is 49.6 Å². The van der Waals surface area contributed by atoms with Gasteiger partial charge in [-0.2, -0.15) is 0 Å². The molecule has 0 aromatic heterocycles. The van der Waals surface area contributed by atoms with Crippen molar-refractivity contribution in [3.05, 3.63) is 57.6 Å². The number of anilines is 1. The predicted octanol–water partition coefficient (Wildman–Crippen LogP) is 4.02. The molecule has 0 radical (unpaired) electrons. The largest absolute Gasteiger partial charge is 0.495 e. The molecule has 0 aliphatic heterocycles. The van der Waals surface area contributed by atoms with E-state index in [4.69, 9.17) is 9.47 Å². The summed E-state index contributed by atoms with van der Waals surface area (Å²) >= 11 is 0. The van der Waals surface area contributed by atoms with Crippen LogP contribution in [0.15, 0.2) is 36.4 Å². The summed E-state index contributed by atoms with van der Waals surface area (Å²) in [7, 11) is 1.43. The first-order chi connectivity index (χ1) is 12.3. The van der Waals surface area contributed by atoms with E-state index in [1.165, 1.54) is 25.3 Å². The molecule has 0 saturated heterocycles. The summed E-state index contributed by atoms with van der Waals surface area (Å²) in [4.78, 5) is 23.0. The lowest BCUT2D eigenvalue weighted by Crippen LogP contribution is -2.32. The molecule has 7 nitrogen and oxygen atoms in total. The first kappa shape index (κ1) is 19.2. The Morgan fingerprint density at radius 3 is 2.38 bits per heavy atom. The second-order valence-electron chi connectivity index (χ2n) is 5.97. The van der Waals surface area contributed by atoms with Crippen molar-refractivity contribution in [2.75, 3.05) is 12.4 Å². The van der Waals surface area contributed by atoms with E-state index < -0.39 is 16.9 Å². The van der Waals surface area contributed by atoms with Crippen LogP contribution in [0.4, 0.5) is 11.4 Å². The molecule has 0 aliphatic carbocycles. The average molecular weight is 358 g/mol. The predicted molar refractivity (Wildman–Crippen MR) is 98.9 cm³/mol. The molecule has 0 heterocycles. The second kappa shape index (κ2) is 8.33. The van der Waals surface area contributed by atoms with E-state index in [-0.39, 0.29) is 11.4 Å². The summed E-state index contributed by atoms with van der Waals surface area (Å²) in [6, 6.07) is 9.76. The Morgan fingerprint density at radius 1 is 1.19 bits per heavy atom. The van der Waals surface area contributed by atoms with Gasteiger partial charge in [-0.25, -0.2) is 0 Å². The van der Waals surface area contributed by atoms with Gasteiger partial charge in [-0.1, -0.05) is 13.0 Å². The fourth-order valence-electron chi connectivity index (χ4n) is 2.61. The van der Waals surface area contributed by atoms with Crippen molar-refractivity contribution in [1.82, 2.24) is 0 Å². The first-order valence-electron chi connectivity index (χ1n) is 8.22. The standard InChI is InChI=1S/C19H22N2O5/c1-5-17(26-15-9-12(2)8-13(3)10-15)19(22)20-16-11-14(21(23)24)6-7-18(16)25-4/h6-11,17H,5H2,1-4H3,(H,20,22). The minimum atomic E-state index is -0.736. The normalized spacial score (nSPS) is 11.5. The van der Waals surface area contributed by atoms with Crippen LogP contribution in [0.25, 0.3) is 0 Å². The topological polar surface area (TPSA) is 90.7 Å². The second-order valence-corrected chi connectivity index (χ2v) is 5.97. The molecule has 0 aliphatic rings. The maximum absolute atomic E-state index is 12.6. The Hall–Kier alpha value is -3.09. The van der Waals surface area contributed by atoms with Crippen molar-refractivity contribution >= 4 is 17.3 Å². The summed E-state index contributed by atoms with van der Waals surface area (Å²) in [5.74, 6) is 0.547. The number of benzene rings is 2. The van der Waals surface area contributed by atoms with Gasteiger partial charge in [0.15, 0.2) is 6.10 Å². The fourth-order valence-corrected chi connectivity index (χ4v) is 2.61. The third-order valence-electron chi connectivity index (χ3n) is 3.79. The van der Waals surface area contributed by atoms with Crippen LogP contribution in [-0.4, -0.2) is 24.0 Å². The van der Waals surface area contributed by atoms with Gasteiger partial charge in [-0.15, -0.1) is 0 Å². The Bertz CT molecular complexity index is 799. The van der Waals surface area contributed by atoms with Gasteiger partial charge >= 0.3 is 0 Å². The zero-order valence-electron chi connectivity index (χ0n) is 15.2. The van der Waals surface area contributed by atoms with Crippen molar-refractivity contribution < 1.29 is 19.2 Å². The van der Waals surface area contributed by atoms with Crippen LogP contribution >= 0.6 is 0 Å². The van der Waals surface area contributed by atoms with Gasteiger partial charge in [0.2, 0.25) is 0 Å². The SMILES string of the molecule is CCC(Oc1cc(C)cc(C)c1)C(=O)Nc1cc([N+](=O)[O-])ccc1OC. The van der Waals surface area contributed by atoms with Gasteiger partial charge in [0.1, 0.15) is 11.5 Å². The average Bonchev–Trinajstić information content (AvgIpc) is 2.58. The number of hydrogen-bond acceptors (Lipinski definition) is 5. The highest BCUT2D eigenvalue weighted by Gasteiger charge is 2.21. The van der Waals surface area contributed by atoms with E-state index in [0.29, 0.717) is 17.9 Å². The molecular weight excluding hydrogens is 336 g/mol. The quantitative estimate of drug-likeness (QED) is 0.596. The van der Waals surface area contributed by atoms with E-state index >= 15 is 0 Å². The minimum Gasteiger partial charge on any atom is -0.495 e. The monoisotopic (exact) mass is 358 g/mol. The molecule has 7 heteroatoms. The van der Waals surface area contributed by atoms with Crippen LogP contribution in [0, 0.1) is 24.0 Å². The third kappa shape index (κ3) is 4.72. The van der Waals surface area contributed by atoms with Crippen LogP contribution in [0.3, 0.4) is 0 Å². The maximum atomic E-state index is 12.6. The molecule has 1 unspecified atom stereocenters. The lowest BCUT2D eigenvalue weighted by molar-refractivity contribution is -0.384. The highest BCUT2D eigenvalue weighted by Crippen LogP contribution is 2.29. The van der Waals surface area contributed by atoms with Crippen LogP contribution in [-0.2, 0) is 4.79 Å². The number of rotatable bonds is 7. The first-order valence-corrected chi connectivity index (χ1v) is 8.22. The zero-order valence-corrected chi connectivity index (χ0v) is 15.2. The summed E-state index contributed by atoms with van der Waals surface area (Å²) in [6.07, 6.45) is -0.295. The van der Waals surface area contributed by atoms with Crippen molar-refractivity contribution in [3.63, 3.8) is 0 Å². The summed E-state index contributed by atoms with van der Waals surface area (Å²) in [5.41, 5.74) is 2.17. The molecule has 138 valence electrons. The lowest BCUT2D eigenvalue weighted by Gasteiger charge is -2.19. The fraction of sp³-hybridized carbons (Fsp3) is 0.316. The van der Waals surface area contributed by atoms with Crippen LogP contribution < -0.4 is 14.8 Å². The third-order valence-corrected chi connectivity index (χ3v) is 3.79. The number of aryl methyl sites for hydroxylation is 2. The van der Waals surface area contributed by atoms with Gasteiger partial charge < -0.3 is 14.8 Å². The van der Waals surface area contributed by atoms with E-state index in [1.807, 2.05) is 39.0 Å². The maximum Gasteiger partial charge on any atom is 0.271 e. The molecule has 0 bridgehead atoms. The van der Waals surface area contributed by atoms with E-state index in [0.717, 1.165) is 11.1 Å². The Kier molecular flexibility index (Phi) is 6.16. The minimum absolute atomic E-state index is 0.135. The number of nitro groups is 1. The molecule has 2 aromatic rings. The van der Waals surface area contributed by atoms with Crippen molar-refractivity contribution in [3.8, 4) is 11.5 Å². The molecule has 2 rings (SSSR count). The Balaban J connectivity index is 2.21. The van der Waals surface area contributed by atoms with Crippen LogP contribution in [0.5, 0.6) is 11.5 Å². The number of nitrogens with zero attached hydrogens (tertiary/aromatic N) is 1.